The first-order valence-corrected chi connectivity index (χ1v) is 8.99. The summed E-state index contributed by atoms with van der Waals surface area (Å²) < 4.78 is 0. The highest BCUT2D eigenvalue weighted by Crippen LogP contribution is 2.34. The fraction of sp³-hybridized carbons (Fsp3) is 0.615. The molecule has 0 aliphatic carbocycles. The van der Waals surface area contributed by atoms with Crippen molar-refractivity contribution < 1.29 is 9.59 Å². The molecule has 2 fully saturated rings. The number of nitrogens with two attached hydrogens (primary N) is 1. The number of piperidine rings is 1. The lowest BCUT2D eigenvalue weighted by atomic mass is 9.99. The van der Waals surface area contributed by atoms with E-state index in [1.165, 1.54) is 11.3 Å². The van der Waals surface area contributed by atoms with E-state index in [-0.39, 0.29) is 17.2 Å². The second kappa shape index (κ2) is 6.33. The van der Waals surface area contributed by atoms with E-state index >= 15 is 0 Å². The maximum atomic E-state index is 12.5. The number of anilines is 1. The summed E-state index contributed by atoms with van der Waals surface area (Å²) in [4.78, 5) is 30.8. The molecule has 1 aromatic heterocycles. The number of amides is 2. The molecule has 0 aromatic carbocycles. The van der Waals surface area contributed by atoms with Gasteiger partial charge in [-0.3, -0.25) is 9.59 Å². The zero-order valence-corrected chi connectivity index (χ0v) is 13.2. The number of thioether (sulfide) groups is 1. The van der Waals surface area contributed by atoms with Crippen molar-refractivity contribution in [3.05, 3.63) is 11.6 Å². The molecular formula is C13H18N4O2S2. The van der Waals surface area contributed by atoms with E-state index in [9.17, 15) is 9.59 Å². The summed E-state index contributed by atoms with van der Waals surface area (Å²) in [5, 5.41) is 5.26. The topological polar surface area (TPSA) is 88.3 Å². The van der Waals surface area contributed by atoms with Gasteiger partial charge in [-0.1, -0.05) is 0 Å². The van der Waals surface area contributed by atoms with Gasteiger partial charge in [-0.25, -0.2) is 4.98 Å². The predicted octanol–water partition coefficient (Wildman–Crippen LogP) is 1.25. The van der Waals surface area contributed by atoms with E-state index in [0.29, 0.717) is 18.0 Å². The van der Waals surface area contributed by atoms with Gasteiger partial charge in [-0.05, 0) is 31.4 Å². The van der Waals surface area contributed by atoms with Gasteiger partial charge in [0.15, 0.2) is 5.13 Å². The van der Waals surface area contributed by atoms with Crippen LogP contribution in [0, 0.1) is 0 Å². The number of fused-ring (bicyclic) bond motifs is 1. The third kappa shape index (κ3) is 3.07. The molecule has 0 saturated carbocycles. The quantitative estimate of drug-likeness (QED) is 0.854. The van der Waals surface area contributed by atoms with Crippen LogP contribution in [-0.2, 0) is 9.59 Å². The lowest BCUT2D eigenvalue weighted by Crippen LogP contribution is -2.56. The van der Waals surface area contributed by atoms with Gasteiger partial charge < -0.3 is 16.0 Å². The molecule has 1 aromatic rings. The third-order valence-corrected chi connectivity index (χ3v) is 5.86. The number of thiazole rings is 1. The van der Waals surface area contributed by atoms with E-state index < -0.39 is 12.1 Å². The van der Waals surface area contributed by atoms with Crippen molar-refractivity contribution in [2.75, 3.05) is 11.1 Å². The van der Waals surface area contributed by atoms with Gasteiger partial charge in [0.2, 0.25) is 11.8 Å². The van der Waals surface area contributed by atoms with Crippen LogP contribution in [0.5, 0.6) is 0 Å². The van der Waals surface area contributed by atoms with Crippen molar-refractivity contribution in [2.45, 2.75) is 43.1 Å². The second-order valence-corrected chi connectivity index (χ2v) is 7.42. The number of aromatic nitrogens is 1. The Balaban J connectivity index is 1.79. The Kier molecular flexibility index (Phi) is 4.46. The van der Waals surface area contributed by atoms with Gasteiger partial charge in [0, 0.05) is 11.6 Å². The van der Waals surface area contributed by atoms with Crippen LogP contribution < -0.4 is 11.1 Å². The van der Waals surface area contributed by atoms with E-state index in [1.807, 2.05) is 5.38 Å². The Labute approximate surface area is 131 Å². The van der Waals surface area contributed by atoms with Crippen LogP contribution in [0.1, 0.15) is 25.7 Å². The Morgan fingerprint density at radius 1 is 1.43 bits per heavy atom. The van der Waals surface area contributed by atoms with Crippen molar-refractivity contribution in [2.24, 2.45) is 5.73 Å². The molecule has 0 spiro atoms. The van der Waals surface area contributed by atoms with Crippen LogP contribution in [0.2, 0.25) is 0 Å². The number of nitrogens with zero attached hydrogens (tertiary/aromatic N) is 2. The summed E-state index contributed by atoms with van der Waals surface area (Å²) in [5.41, 5.74) is 5.94. The maximum Gasteiger partial charge on any atom is 0.249 e. The minimum absolute atomic E-state index is 0.0758. The summed E-state index contributed by atoms with van der Waals surface area (Å²) in [6.07, 6.45) is 4.90. The molecule has 2 amide bonds. The lowest BCUT2D eigenvalue weighted by molar-refractivity contribution is -0.142. The molecule has 114 valence electrons. The molecule has 3 heterocycles. The highest BCUT2D eigenvalue weighted by Gasteiger charge is 2.41. The van der Waals surface area contributed by atoms with E-state index in [1.54, 1.807) is 22.9 Å². The maximum absolute atomic E-state index is 12.5. The third-order valence-electron chi connectivity index (χ3n) is 3.85. The SMILES string of the molecule is N[C@H]1CCS[C@H]2CCC[C@@H](C(=O)Nc3nccs3)N2C1=O. The molecule has 3 rings (SSSR count). The zero-order chi connectivity index (χ0) is 14.8. The second-order valence-electron chi connectivity index (χ2n) is 5.24. The standard InChI is InChI=1S/C13H18N4O2S2/c14-8-4-6-20-10-3-1-2-9(17(10)12(8)19)11(18)16-13-15-5-7-21-13/h5,7-10H,1-4,6,14H2,(H,15,16,18)/t8-,9-,10-/m0/s1. The van der Waals surface area contributed by atoms with Crippen molar-refractivity contribution in [3.8, 4) is 0 Å². The first-order chi connectivity index (χ1) is 10.2. The summed E-state index contributed by atoms with van der Waals surface area (Å²) in [5.74, 6) is 0.621. The van der Waals surface area contributed by atoms with Crippen molar-refractivity contribution in [1.82, 2.24) is 9.88 Å². The smallest absolute Gasteiger partial charge is 0.249 e. The molecule has 6 nitrogen and oxygen atoms in total. The van der Waals surface area contributed by atoms with Crippen molar-refractivity contribution >= 4 is 40.0 Å². The van der Waals surface area contributed by atoms with E-state index in [0.717, 1.165) is 18.6 Å². The van der Waals surface area contributed by atoms with Gasteiger partial charge in [-0.15, -0.1) is 23.1 Å². The fourth-order valence-corrected chi connectivity index (χ4v) is 4.74. The summed E-state index contributed by atoms with van der Waals surface area (Å²) in [7, 11) is 0. The van der Waals surface area contributed by atoms with Crippen LogP contribution in [0.15, 0.2) is 11.6 Å². The first kappa shape index (κ1) is 14.8. The minimum Gasteiger partial charge on any atom is -0.320 e. The van der Waals surface area contributed by atoms with Crippen LogP contribution in [0.25, 0.3) is 0 Å². The van der Waals surface area contributed by atoms with Crippen LogP contribution in [-0.4, -0.2) is 44.9 Å². The molecule has 2 aliphatic rings. The Morgan fingerprint density at radius 3 is 3.05 bits per heavy atom. The zero-order valence-electron chi connectivity index (χ0n) is 11.5. The normalized spacial score (nSPS) is 29.7. The molecule has 21 heavy (non-hydrogen) atoms. The summed E-state index contributed by atoms with van der Waals surface area (Å²) in [6.45, 7) is 0. The minimum atomic E-state index is -0.490. The number of carbonyl (C=O) groups excluding carboxylic acids is 2. The molecule has 0 unspecified atom stereocenters. The monoisotopic (exact) mass is 326 g/mol. The number of hydrogen-bond acceptors (Lipinski definition) is 6. The largest absolute Gasteiger partial charge is 0.320 e. The Morgan fingerprint density at radius 2 is 2.29 bits per heavy atom. The predicted molar refractivity (Wildman–Crippen MR) is 84.1 cm³/mol. The van der Waals surface area contributed by atoms with Gasteiger partial charge in [0.1, 0.15) is 6.04 Å². The van der Waals surface area contributed by atoms with Gasteiger partial charge >= 0.3 is 0 Å². The number of nitrogens with one attached hydrogen (secondary N) is 1. The highest BCUT2D eigenvalue weighted by atomic mass is 32.2. The fourth-order valence-electron chi connectivity index (χ4n) is 2.80. The number of rotatable bonds is 2. The first-order valence-electron chi connectivity index (χ1n) is 7.06. The van der Waals surface area contributed by atoms with E-state index in [4.69, 9.17) is 5.73 Å². The van der Waals surface area contributed by atoms with Crippen molar-refractivity contribution in [3.63, 3.8) is 0 Å². The number of hydrogen-bond donors (Lipinski definition) is 2. The molecule has 2 aliphatic heterocycles. The molecule has 2 saturated heterocycles. The van der Waals surface area contributed by atoms with Crippen molar-refractivity contribution in [1.29, 1.82) is 0 Å². The van der Waals surface area contributed by atoms with Crippen LogP contribution >= 0.6 is 23.1 Å². The molecular weight excluding hydrogens is 308 g/mol. The van der Waals surface area contributed by atoms with Gasteiger partial charge in [-0.2, -0.15) is 0 Å². The Bertz CT molecular complexity index is 522. The van der Waals surface area contributed by atoms with Gasteiger partial charge in [0.05, 0.1) is 11.4 Å². The molecule has 3 N–H and O–H groups in total. The lowest BCUT2D eigenvalue weighted by Gasteiger charge is -2.40. The average Bonchev–Trinajstić information content (AvgIpc) is 2.94. The molecule has 0 radical (unpaired) electrons. The van der Waals surface area contributed by atoms with Crippen LogP contribution in [0.4, 0.5) is 5.13 Å². The summed E-state index contributed by atoms with van der Waals surface area (Å²) in [6, 6.07) is -0.924. The molecule has 8 heteroatoms. The molecule has 0 bridgehead atoms. The highest BCUT2D eigenvalue weighted by molar-refractivity contribution is 7.99. The average molecular weight is 326 g/mol. The Hall–Kier alpha value is -1.12. The van der Waals surface area contributed by atoms with E-state index in [2.05, 4.69) is 10.3 Å². The molecule has 3 atom stereocenters. The number of carbonyl (C=O) groups is 2. The van der Waals surface area contributed by atoms with Gasteiger partial charge in [0.25, 0.3) is 0 Å². The van der Waals surface area contributed by atoms with Crippen LogP contribution in [0.3, 0.4) is 0 Å². The summed E-state index contributed by atoms with van der Waals surface area (Å²) >= 11 is 3.11.